The predicted octanol–water partition coefficient (Wildman–Crippen LogP) is 3.99. The molecule has 158 valence electrons. The maximum absolute atomic E-state index is 13.0. The first-order valence-corrected chi connectivity index (χ1v) is 11.7. The van der Waals surface area contributed by atoms with Gasteiger partial charge < -0.3 is 14.8 Å². The zero-order valence-electron chi connectivity index (χ0n) is 17.1. The number of morpholine rings is 1. The monoisotopic (exact) mass is 443 g/mol. The Kier molecular flexibility index (Phi) is 6.79. The van der Waals surface area contributed by atoms with Crippen LogP contribution in [0.2, 0.25) is 0 Å². The van der Waals surface area contributed by atoms with Crippen molar-refractivity contribution < 1.29 is 14.3 Å². The van der Waals surface area contributed by atoms with E-state index in [1.54, 1.807) is 18.4 Å². The van der Waals surface area contributed by atoms with E-state index in [1.165, 1.54) is 11.3 Å². The minimum atomic E-state index is -0.0711. The maximum Gasteiger partial charge on any atom is 0.263 e. The van der Waals surface area contributed by atoms with Crippen LogP contribution in [0.25, 0.3) is 10.6 Å². The number of nitrogens with zero attached hydrogens (tertiary/aromatic N) is 2. The lowest BCUT2D eigenvalue weighted by Crippen LogP contribution is -2.43. The zero-order valence-corrected chi connectivity index (χ0v) is 18.7. The van der Waals surface area contributed by atoms with E-state index in [-0.39, 0.29) is 11.9 Å². The quantitative estimate of drug-likeness (QED) is 0.598. The molecule has 0 saturated carbocycles. The molecule has 3 aromatic rings. The highest BCUT2D eigenvalue weighted by Gasteiger charge is 2.24. The number of carbonyl (C=O) groups is 1. The Balaban J connectivity index is 1.49. The average molecular weight is 444 g/mol. The molecule has 2 aromatic heterocycles. The SMILES string of the molecule is COc1ccc(C(CNC(=O)c2sc(-c3ccsc3)nc2C)N2CCOCC2)cc1. The molecule has 0 radical (unpaired) electrons. The van der Waals surface area contributed by atoms with Crippen molar-refractivity contribution in [2.75, 3.05) is 40.0 Å². The number of rotatable bonds is 7. The van der Waals surface area contributed by atoms with Crippen molar-refractivity contribution in [3.05, 3.63) is 57.2 Å². The van der Waals surface area contributed by atoms with Crippen molar-refractivity contribution in [2.45, 2.75) is 13.0 Å². The van der Waals surface area contributed by atoms with Gasteiger partial charge in [-0.3, -0.25) is 9.69 Å². The van der Waals surface area contributed by atoms with Gasteiger partial charge in [0.05, 0.1) is 32.1 Å². The Morgan fingerprint density at radius 2 is 2.03 bits per heavy atom. The number of ether oxygens (including phenoxy) is 2. The summed E-state index contributed by atoms with van der Waals surface area (Å²) in [7, 11) is 1.66. The third-order valence-corrected chi connectivity index (χ3v) is 7.10. The summed E-state index contributed by atoms with van der Waals surface area (Å²) >= 11 is 3.08. The molecule has 30 heavy (non-hydrogen) atoms. The van der Waals surface area contributed by atoms with Crippen LogP contribution in [0.4, 0.5) is 0 Å². The van der Waals surface area contributed by atoms with E-state index in [4.69, 9.17) is 9.47 Å². The molecule has 1 unspecified atom stereocenters. The standard InChI is InChI=1S/C22H25N3O3S2/c1-15-20(30-22(24-15)17-7-12-29-14-17)21(26)23-13-19(25-8-10-28-11-9-25)16-3-5-18(27-2)6-4-16/h3-7,12,14,19H,8-11,13H2,1-2H3,(H,23,26). The van der Waals surface area contributed by atoms with Gasteiger partial charge in [0.25, 0.3) is 5.91 Å². The highest BCUT2D eigenvalue weighted by Crippen LogP contribution is 2.30. The Morgan fingerprint density at radius 1 is 1.27 bits per heavy atom. The first-order valence-electron chi connectivity index (χ1n) is 9.89. The lowest BCUT2D eigenvalue weighted by Gasteiger charge is -2.35. The number of amides is 1. The summed E-state index contributed by atoms with van der Waals surface area (Å²) in [6.07, 6.45) is 0. The summed E-state index contributed by atoms with van der Waals surface area (Å²) in [6, 6.07) is 10.2. The summed E-state index contributed by atoms with van der Waals surface area (Å²) in [6.45, 7) is 5.51. The topological polar surface area (TPSA) is 63.7 Å². The smallest absolute Gasteiger partial charge is 0.263 e. The fraction of sp³-hybridized carbons (Fsp3) is 0.364. The van der Waals surface area contributed by atoms with Crippen LogP contribution in [-0.4, -0.2) is 55.7 Å². The summed E-state index contributed by atoms with van der Waals surface area (Å²) in [5.74, 6) is 0.753. The van der Waals surface area contributed by atoms with Crippen LogP contribution >= 0.6 is 22.7 Å². The molecule has 4 rings (SSSR count). The van der Waals surface area contributed by atoms with E-state index in [0.29, 0.717) is 24.6 Å². The zero-order chi connectivity index (χ0) is 20.9. The number of carbonyl (C=O) groups excluding carboxylic acids is 1. The maximum atomic E-state index is 13.0. The molecule has 0 bridgehead atoms. The van der Waals surface area contributed by atoms with Crippen LogP contribution < -0.4 is 10.1 Å². The van der Waals surface area contributed by atoms with Gasteiger partial charge in [-0.05, 0) is 36.1 Å². The van der Waals surface area contributed by atoms with Gasteiger partial charge in [0.2, 0.25) is 0 Å². The Bertz CT molecular complexity index is 964. The minimum absolute atomic E-state index is 0.0711. The van der Waals surface area contributed by atoms with E-state index < -0.39 is 0 Å². The first kappa shape index (κ1) is 21.0. The van der Waals surface area contributed by atoms with E-state index in [2.05, 4.69) is 32.7 Å². The Hall–Kier alpha value is -2.26. The number of thiazole rings is 1. The first-order chi connectivity index (χ1) is 14.7. The predicted molar refractivity (Wildman–Crippen MR) is 121 cm³/mol. The molecule has 1 saturated heterocycles. The number of thiophene rings is 1. The minimum Gasteiger partial charge on any atom is -0.497 e. The van der Waals surface area contributed by atoms with Crippen molar-refractivity contribution in [3.8, 4) is 16.3 Å². The van der Waals surface area contributed by atoms with Crippen LogP contribution in [0.5, 0.6) is 5.75 Å². The van der Waals surface area contributed by atoms with Crippen LogP contribution in [0, 0.1) is 6.92 Å². The molecule has 6 nitrogen and oxygen atoms in total. The molecule has 1 aliphatic rings. The van der Waals surface area contributed by atoms with Crippen molar-refractivity contribution >= 4 is 28.6 Å². The molecule has 0 aliphatic carbocycles. The molecule has 1 fully saturated rings. The largest absolute Gasteiger partial charge is 0.497 e. The van der Waals surface area contributed by atoms with Crippen LogP contribution in [0.15, 0.2) is 41.1 Å². The van der Waals surface area contributed by atoms with Gasteiger partial charge in [0.1, 0.15) is 15.6 Å². The lowest BCUT2D eigenvalue weighted by atomic mass is 10.0. The molecule has 0 spiro atoms. The van der Waals surface area contributed by atoms with Crippen molar-refractivity contribution in [1.82, 2.24) is 15.2 Å². The second-order valence-electron chi connectivity index (χ2n) is 7.09. The van der Waals surface area contributed by atoms with Crippen LogP contribution in [0.1, 0.15) is 27.0 Å². The Labute approximate surface area is 184 Å². The number of benzene rings is 1. The summed E-state index contributed by atoms with van der Waals surface area (Å²) in [5, 5.41) is 8.11. The molecule has 8 heteroatoms. The molecule has 3 heterocycles. The van der Waals surface area contributed by atoms with Gasteiger partial charge in [-0.15, -0.1) is 11.3 Å². The number of hydrogen-bond acceptors (Lipinski definition) is 7. The third kappa shape index (κ3) is 4.73. The normalized spacial score (nSPS) is 15.7. The van der Waals surface area contributed by atoms with Gasteiger partial charge in [-0.1, -0.05) is 12.1 Å². The molecular formula is C22H25N3O3S2. The van der Waals surface area contributed by atoms with E-state index in [9.17, 15) is 4.79 Å². The molecule has 1 atom stereocenters. The molecule has 1 aliphatic heterocycles. The lowest BCUT2D eigenvalue weighted by molar-refractivity contribution is 0.0162. The van der Waals surface area contributed by atoms with Gasteiger partial charge in [0, 0.05) is 30.6 Å². The van der Waals surface area contributed by atoms with Crippen molar-refractivity contribution in [2.24, 2.45) is 0 Å². The summed E-state index contributed by atoms with van der Waals surface area (Å²) in [5.41, 5.74) is 2.99. The van der Waals surface area contributed by atoms with Crippen molar-refractivity contribution in [3.63, 3.8) is 0 Å². The average Bonchev–Trinajstić information content (AvgIpc) is 3.45. The summed E-state index contributed by atoms with van der Waals surface area (Å²) < 4.78 is 10.8. The number of nitrogens with one attached hydrogen (secondary N) is 1. The molecule has 1 aromatic carbocycles. The number of methoxy groups -OCH3 is 1. The van der Waals surface area contributed by atoms with Gasteiger partial charge >= 0.3 is 0 Å². The third-order valence-electron chi connectivity index (χ3n) is 5.21. The van der Waals surface area contributed by atoms with Crippen LogP contribution in [-0.2, 0) is 4.74 Å². The summed E-state index contributed by atoms with van der Waals surface area (Å²) in [4.78, 5) is 20.6. The highest BCUT2D eigenvalue weighted by molar-refractivity contribution is 7.17. The van der Waals surface area contributed by atoms with Crippen LogP contribution in [0.3, 0.4) is 0 Å². The van der Waals surface area contributed by atoms with E-state index >= 15 is 0 Å². The van der Waals surface area contributed by atoms with Gasteiger partial charge in [0.15, 0.2) is 0 Å². The fourth-order valence-corrected chi connectivity index (χ4v) is 5.25. The second kappa shape index (κ2) is 9.70. The molecular weight excluding hydrogens is 418 g/mol. The van der Waals surface area contributed by atoms with Gasteiger partial charge in [-0.25, -0.2) is 4.98 Å². The second-order valence-corrected chi connectivity index (χ2v) is 8.87. The van der Waals surface area contributed by atoms with Gasteiger partial charge in [-0.2, -0.15) is 11.3 Å². The van der Waals surface area contributed by atoms with E-state index in [0.717, 1.165) is 40.7 Å². The van der Waals surface area contributed by atoms with Crippen molar-refractivity contribution in [1.29, 1.82) is 0 Å². The number of hydrogen-bond donors (Lipinski definition) is 1. The Morgan fingerprint density at radius 3 is 2.70 bits per heavy atom. The number of aryl methyl sites for hydroxylation is 1. The fourth-order valence-electron chi connectivity index (χ4n) is 3.56. The molecule has 1 amide bonds. The number of aromatic nitrogens is 1. The highest BCUT2D eigenvalue weighted by atomic mass is 32.1. The van der Waals surface area contributed by atoms with E-state index in [1.807, 2.05) is 30.5 Å². The molecule has 1 N–H and O–H groups in total.